The van der Waals surface area contributed by atoms with Gasteiger partial charge in [-0.25, -0.2) is 0 Å². The summed E-state index contributed by atoms with van der Waals surface area (Å²) in [5, 5.41) is 8.01. The molecule has 0 bridgehead atoms. The maximum absolute atomic E-state index is 4.64. The van der Waals surface area contributed by atoms with Crippen LogP contribution in [0.4, 0.5) is 0 Å². The summed E-state index contributed by atoms with van der Waals surface area (Å²) in [7, 11) is 8.12. The lowest BCUT2D eigenvalue weighted by Gasteiger charge is -2.48. The minimum Gasteiger partial charge on any atom is -0.354 e. The second-order valence-corrected chi connectivity index (χ2v) is 9.52. The number of guanidine groups is 1. The molecule has 3 atom stereocenters. The molecule has 4 rings (SSSR count). The first-order valence-corrected chi connectivity index (χ1v) is 11.9. The van der Waals surface area contributed by atoms with E-state index >= 15 is 0 Å². The van der Waals surface area contributed by atoms with Crippen LogP contribution in [0.3, 0.4) is 0 Å². The van der Waals surface area contributed by atoms with Crippen LogP contribution in [0.15, 0.2) is 47.7 Å². The van der Waals surface area contributed by atoms with E-state index in [0.29, 0.717) is 12.0 Å². The van der Waals surface area contributed by atoms with Crippen LogP contribution >= 0.6 is 24.0 Å². The Morgan fingerprint density at radius 2 is 2.00 bits per heavy atom. The van der Waals surface area contributed by atoms with Gasteiger partial charge in [0.25, 0.3) is 0 Å². The average molecular weight is 566 g/mol. The number of hydrogen-bond donors (Lipinski definition) is 1. The summed E-state index contributed by atoms with van der Waals surface area (Å²) in [4.78, 5) is 12.1. The molecule has 182 valence electrons. The van der Waals surface area contributed by atoms with E-state index in [4.69, 9.17) is 0 Å². The number of hydrogen-bond acceptors (Lipinski definition) is 4. The zero-order valence-electron chi connectivity index (χ0n) is 20.5. The fraction of sp³-hybridized carbons (Fsp3) is 0.600. The van der Waals surface area contributed by atoms with Crippen LogP contribution in [0.1, 0.15) is 36.4 Å². The Balaban J connectivity index is 0.00000306. The fourth-order valence-electron chi connectivity index (χ4n) is 5.44. The molecule has 1 aromatic heterocycles. The normalized spacial score (nSPS) is 22.6. The van der Waals surface area contributed by atoms with Gasteiger partial charge >= 0.3 is 0 Å². The van der Waals surface area contributed by atoms with Gasteiger partial charge in [0.1, 0.15) is 0 Å². The van der Waals surface area contributed by atoms with Crippen molar-refractivity contribution in [2.24, 2.45) is 18.0 Å². The van der Waals surface area contributed by atoms with E-state index in [0.717, 1.165) is 32.1 Å². The molecule has 0 aliphatic carbocycles. The molecular weight excluding hydrogens is 525 g/mol. The van der Waals surface area contributed by atoms with Crippen LogP contribution in [0, 0.1) is 5.92 Å². The van der Waals surface area contributed by atoms with Gasteiger partial charge in [0.2, 0.25) is 0 Å². The number of benzene rings is 1. The predicted molar refractivity (Wildman–Crippen MR) is 146 cm³/mol. The van der Waals surface area contributed by atoms with Gasteiger partial charge < -0.3 is 15.1 Å². The zero-order valence-corrected chi connectivity index (χ0v) is 22.9. The second kappa shape index (κ2) is 12.2. The summed E-state index contributed by atoms with van der Waals surface area (Å²) in [5.41, 5.74) is 2.65. The molecule has 3 unspecified atom stereocenters. The summed E-state index contributed by atoms with van der Waals surface area (Å²) in [6.07, 6.45) is 7.88. The summed E-state index contributed by atoms with van der Waals surface area (Å²) in [6.45, 7) is 5.26. The molecule has 2 saturated heterocycles. The van der Waals surface area contributed by atoms with Crippen molar-refractivity contribution in [1.29, 1.82) is 0 Å². The number of nitrogens with one attached hydrogen (secondary N) is 1. The third kappa shape index (κ3) is 6.48. The molecule has 1 N–H and O–H groups in total. The smallest absolute Gasteiger partial charge is 0.193 e. The average Bonchev–Trinajstić information content (AvgIpc) is 3.23. The first-order valence-electron chi connectivity index (χ1n) is 11.9. The first kappa shape index (κ1) is 26.0. The van der Waals surface area contributed by atoms with E-state index in [1.54, 1.807) is 0 Å². The van der Waals surface area contributed by atoms with E-state index in [-0.39, 0.29) is 30.0 Å². The molecular formula is C25H40IN7. The first-order chi connectivity index (χ1) is 15.5. The highest BCUT2D eigenvalue weighted by Crippen LogP contribution is 2.31. The Kier molecular flexibility index (Phi) is 9.57. The van der Waals surface area contributed by atoms with Crippen molar-refractivity contribution >= 4 is 29.9 Å². The molecule has 2 aromatic rings. The van der Waals surface area contributed by atoms with Crippen LogP contribution in [0.5, 0.6) is 0 Å². The summed E-state index contributed by atoms with van der Waals surface area (Å²) in [5.74, 6) is 1.74. The topological polar surface area (TPSA) is 51.9 Å². The van der Waals surface area contributed by atoms with Gasteiger partial charge in [-0.3, -0.25) is 14.6 Å². The predicted octanol–water partition coefficient (Wildman–Crippen LogP) is 3.20. The van der Waals surface area contributed by atoms with Crippen LogP contribution in [-0.4, -0.2) is 83.8 Å². The lowest BCUT2D eigenvalue weighted by atomic mass is 9.83. The van der Waals surface area contributed by atoms with Crippen molar-refractivity contribution in [2.45, 2.75) is 37.9 Å². The standard InChI is InChI=1S/C25H39N7.HI/c1-26-25(27-16-24(29(2)3)22-15-28-30(4)18-22)32-14-12-23-21(19-32)11-8-13-31(23)17-20-9-6-5-7-10-20;/h5-7,9-10,15,18,21,23-24H,8,11-14,16-17,19H2,1-4H3,(H,26,27);1H. The fourth-order valence-corrected chi connectivity index (χ4v) is 5.44. The summed E-state index contributed by atoms with van der Waals surface area (Å²) >= 11 is 0. The molecule has 0 spiro atoms. The maximum atomic E-state index is 4.64. The van der Waals surface area contributed by atoms with E-state index in [2.05, 4.69) is 80.7 Å². The van der Waals surface area contributed by atoms with Gasteiger partial charge in [-0.1, -0.05) is 30.3 Å². The lowest BCUT2D eigenvalue weighted by molar-refractivity contribution is 0.0371. The summed E-state index contributed by atoms with van der Waals surface area (Å²) < 4.78 is 1.87. The molecule has 2 aliphatic heterocycles. The van der Waals surface area contributed by atoms with Gasteiger partial charge in [0.05, 0.1) is 12.2 Å². The number of rotatable bonds is 6. The number of aryl methyl sites for hydroxylation is 1. The van der Waals surface area contributed by atoms with E-state index in [1.165, 1.54) is 36.9 Å². The second-order valence-electron chi connectivity index (χ2n) is 9.52. The van der Waals surface area contributed by atoms with Crippen LogP contribution < -0.4 is 5.32 Å². The van der Waals surface area contributed by atoms with E-state index in [9.17, 15) is 0 Å². The highest BCUT2D eigenvalue weighted by Gasteiger charge is 2.36. The lowest BCUT2D eigenvalue weighted by Crippen LogP contribution is -2.57. The number of likely N-dealkylation sites (tertiary alicyclic amines) is 2. The minimum atomic E-state index is 0. The van der Waals surface area contributed by atoms with Crippen molar-refractivity contribution in [3.63, 3.8) is 0 Å². The van der Waals surface area contributed by atoms with Crippen LogP contribution in [0.2, 0.25) is 0 Å². The molecule has 7 nitrogen and oxygen atoms in total. The van der Waals surface area contributed by atoms with Gasteiger partial charge in [-0.05, 0) is 51.4 Å². The Bertz CT molecular complexity index is 882. The number of nitrogens with zero attached hydrogens (tertiary/aromatic N) is 6. The maximum Gasteiger partial charge on any atom is 0.193 e. The SMILES string of the molecule is CN=C(NCC(c1cnn(C)c1)N(C)C)N1CCC2C(CCCN2Cc2ccccc2)C1.I. The molecule has 0 saturated carbocycles. The Hall–Kier alpha value is -1.65. The molecule has 2 fully saturated rings. The molecule has 2 aliphatic rings. The third-order valence-corrected chi connectivity index (χ3v) is 7.11. The minimum absolute atomic E-state index is 0. The number of likely N-dealkylation sites (N-methyl/N-ethyl adjacent to an activating group) is 1. The van der Waals surface area contributed by atoms with Crippen LogP contribution in [0.25, 0.3) is 0 Å². The van der Waals surface area contributed by atoms with Crippen molar-refractivity contribution in [1.82, 2.24) is 29.8 Å². The number of fused-ring (bicyclic) bond motifs is 1. The van der Waals surface area contributed by atoms with Gasteiger partial charge in [-0.2, -0.15) is 5.10 Å². The summed E-state index contributed by atoms with van der Waals surface area (Å²) in [6, 6.07) is 11.9. The monoisotopic (exact) mass is 565 g/mol. The highest BCUT2D eigenvalue weighted by atomic mass is 127. The Morgan fingerprint density at radius 3 is 2.67 bits per heavy atom. The number of piperidine rings is 2. The van der Waals surface area contributed by atoms with Gasteiger partial charge in [0.15, 0.2) is 5.96 Å². The molecule has 8 heteroatoms. The molecule has 1 aromatic carbocycles. The van der Waals surface area contributed by atoms with Crippen molar-refractivity contribution in [3.8, 4) is 0 Å². The zero-order chi connectivity index (χ0) is 22.5. The number of aliphatic imine (C=N–C) groups is 1. The van der Waals surface area contributed by atoms with Crippen molar-refractivity contribution < 1.29 is 0 Å². The molecule has 0 amide bonds. The molecule has 0 radical (unpaired) electrons. The Labute approximate surface area is 216 Å². The third-order valence-electron chi connectivity index (χ3n) is 7.11. The Morgan fingerprint density at radius 1 is 1.21 bits per heavy atom. The van der Waals surface area contributed by atoms with Crippen molar-refractivity contribution in [2.75, 3.05) is 47.3 Å². The molecule has 33 heavy (non-hydrogen) atoms. The van der Waals surface area contributed by atoms with Gasteiger partial charge in [-0.15, -0.1) is 24.0 Å². The highest BCUT2D eigenvalue weighted by molar-refractivity contribution is 14.0. The number of aromatic nitrogens is 2. The van der Waals surface area contributed by atoms with Crippen molar-refractivity contribution in [3.05, 3.63) is 53.9 Å². The van der Waals surface area contributed by atoms with Crippen LogP contribution in [-0.2, 0) is 13.6 Å². The largest absolute Gasteiger partial charge is 0.354 e. The number of halogens is 1. The van der Waals surface area contributed by atoms with E-state index in [1.807, 2.05) is 25.0 Å². The molecule has 3 heterocycles. The van der Waals surface area contributed by atoms with Gasteiger partial charge in [0, 0.05) is 58.1 Å². The quantitative estimate of drug-likeness (QED) is 0.332. The van der Waals surface area contributed by atoms with E-state index < -0.39 is 0 Å².